The molecule has 1 aromatic heterocycles. The predicted octanol–water partition coefficient (Wildman–Crippen LogP) is 6.51. The summed E-state index contributed by atoms with van der Waals surface area (Å²) in [6.45, 7) is 6.77. The fourth-order valence-electron chi connectivity index (χ4n) is 5.40. The van der Waals surface area contributed by atoms with Crippen LogP contribution in [-0.2, 0) is 4.79 Å². The van der Waals surface area contributed by atoms with E-state index in [1.807, 2.05) is 29.2 Å². The number of halogens is 2. The minimum atomic E-state index is -0.477. The summed E-state index contributed by atoms with van der Waals surface area (Å²) < 4.78 is 14.1. The minimum absolute atomic E-state index is 0.111. The average Bonchev–Trinajstić information content (AvgIpc) is 3.23. The number of nitrogens with zero attached hydrogens (tertiary/aromatic N) is 3. The first-order chi connectivity index (χ1) is 18.6. The van der Waals surface area contributed by atoms with E-state index >= 15 is 0 Å². The van der Waals surface area contributed by atoms with E-state index in [9.17, 15) is 9.18 Å². The molecule has 0 saturated carbocycles. The van der Waals surface area contributed by atoms with Crippen molar-refractivity contribution in [1.82, 2.24) is 15.2 Å². The van der Waals surface area contributed by atoms with Gasteiger partial charge in [-0.3, -0.25) is 9.78 Å². The Morgan fingerprint density at radius 1 is 1.21 bits per heavy atom. The maximum atomic E-state index is 14.1. The number of amides is 1. The summed E-state index contributed by atoms with van der Waals surface area (Å²) in [5, 5.41) is 7.20. The van der Waals surface area contributed by atoms with Crippen molar-refractivity contribution in [2.45, 2.75) is 44.8 Å². The molecule has 39 heavy (non-hydrogen) atoms. The standard InChI is InChI=1S/C30H31ClFN5OS/c1-18-17-30(2,3)36(4)25-16-21(31)20(15-19(18)25)28-27(24-11-7-8-13-33-24)35-29(39)37(28)14-12-26(38)34-23-10-6-5-9-22(23)32/h5-11,13,15-17,27-28H,12,14H2,1-4H3,(H,34,38)(H,35,39)/t27-,28-/m0/s1. The molecule has 0 bridgehead atoms. The summed E-state index contributed by atoms with van der Waals surface area (Å²) in [6, 6.07) is 15.5. The molecule has 1 amide bonds. The van der Waals surface area contributed by atoms with Gasteiger partial charge in [0.2, 0.25) is 5.91 Å². The van der Waals surface area contributed by atoms with Crippen molar-refractivity contribution in [3.8, 4) is 0 Å². The zero-order valence-electron chi connectivity index (χ0n) is 22.3. The van der Waals surface area contributed by atoms with Crippen LogP contribution in [0.4, 0.5) is 15.8 Å². The number of anilines is 2. The number of rotatable bonds is 6. The Balaban J connectivity index is 1.50. The normalized spacial score (nSPS) is 19.8. The number of benzene rings is 2. The van der Waals surface area contributed by atoms with Gasteiger partial charge in [0.1, 0.15) is 5.82 Å². The van der Waals surface area contributed by atoms with Crippen LogP contribution in [-0.4, -0.2) is 40.0 Å². The number of likely N-dealkylation sites (N-methyl/N-ethyl adjacent to an activating group) is 1. The number of pyridine rings is 1. The van der Waals surface area contributed by atoms with Gasteiger partial charge in [-0.1, -0.05) is 35.9 Å². The van der Waals surface area contributed by atoms with Gasteiger partial charge in [0, 0.05) is 42.5 Å². The number of hydrogen-bond donors (Lipinski definition) is 2. The molecule has 2 aliphatic rings. The Bertz CT molecular complexity index is 1460. The van der Waals surface area contributed by atoms with Crippen molar-refractivity contribution in [2.75, 3.05) is 23.8 Å². The Kier molecular flexibility index (Phi) is 7.35. The molecule has 5 rings (SSSR count). The summed E-state index contributed by atoms with van der Waals surface area (Å²) >= 11 is 12.8. The molecular formula is C30H31ClFN5OS. The predicted molar refractivity (Wildman–Crippen MR) is 159 cm³/mol. The molecule has 0 radical (unpaired) electrons. The maximum absolute atomic E-state index is 14.1. The van der Waals surface area contributed by atoms with E-state index in [1.165, 1.54) is 17.7 Å². The van der Waals surface area contributed by atoms with Gasteiger partial charge in [-0.2, -0.15) is 0 Å². The van der Waals surface area contributed by atoms with Gasteiger partial charge >= 0.3 is 0 Å². The third-order valence-electron chi connectivity index (χ3n) is 7.58. The molecule has 0 spiro atoms. The number of aromatic nitrogens is 1. The topological polar surface area (TPSA) is 60.5 Å². The Morgan fingerprint density at radius 3 is 2.67 bits per heavy atom. The third kappa shape index (κ3) is 5.23. The van der Waals surface area contributed by atoms with E-state index in [4.69, 9.17) is 23.8 Å². The van der Waals surface area contributed by atoms with Gasteiger partial charge in [-0.05, 0) is 80.5 Å². The van der Waals surface area contributed by atoms with Crippen molar-refractivity contribution in [3.05, 3.63) is 94.5 Å². The Morgan fingerprint density at radius 2 is 1.95 bits per heavy atom. The summed E-state index contributed by atoms with van der Waals surface area (Å²) in [4.78, 5) is 21.6. The first-order valence-electron chi connectivity index (χ1n) is 12.9. The second-order valence-electron chi connectivity index (χ2n) is 10.5. The fraction of sp³-hybridized carbons (Fsp3) is 0.300. The number of hydrogen-bond acceptors (Lipinski definition) is 4. The smallest absolute Gasteiger partial charge is 0.226 e. The van der Waals surface area contributed by atoms with Crippen molar-refractivity contribution < 1.29 is 9.18 Å². The van der Waals surface area contributed by atoms with Crippen LogP contribution in [0.15, 0.2) is 66.9 Å². The Hall–Kier alpha value is -3.49. The van der Waals surface area contributed by atoms with Crippen LogP contribution in [0, 0.1) is 5.82 Å². The molecule has 2 aromatic carbocycles. The minimum Gasteiger partial charge on any atom is -0.365 e. The molecular weight excluding hydrogens is 533 g/mol. The zero-order chi connectivity index (χ0) is 27.9. The van der Waals surface area contributed by atoms with E-state index in [0.29, 0.717) is 16.7 Å². The van der Waals surface area contributed by atoms with E-state index in [0.717, 1.165) is 22.5 Å². The molecule has 2 atom stereocenters. The fourth-order valence-corrected chi connectivity index (χ4v) is 6.00. The molecule has 3 heterocycles. The van der Waals surface area contributed by atoms with Crippen molar-refractivity contribution in [3.63, 3.8) is 0 Å². The number of nitrogens with one attached hydrogen (secondary N) is 2. The highest BCUT2D eigenvalue weighted by Gasteiger charge is 2.41. The van der Waals surface area contributed by atoms with Crippen molar-refractivity contribution in [1.29, 1.82) is 0 Å². The second kappa shape index (κ2) is 10.6. The quantitative estimate of drug-likeness (QED) is 0.334. The number of allylic oxidation sites excluding steroid dienone is 1. The van der Waals surface area contributed by atoms with Crippen LogP contribution < -0.4 is 15.5 Å². The average molecular weight is 564 g/mol. The van der Waals surface area contributed by atoms with Gasteiger partial charge < -0.3 is 20.4 Å². The number of fused-ring (bicyclic) bond motifs is 1. The monoisotopic (exact) mass is 563 g/mol. The largest absolute Gasteiger partial charge is 0.365 e. The lowest BCUT2D eigenvalue weighted by Gasteiger charge is -2.41. The summed E-state index contributed by atoms with van der Waals surface area (Å²) in [6.07, 6.45) is 4.12. The highest BCUT2D eigenvalue weighted by atomic mass is 35.5. The lowest BCUT2D eigenvalue weighted by molar-refractivity contribution is -0.116. The summed E-state index contributed by atoms with van der Waals surface area (Å²) in [5.41, 5.74) is 5.06. The van der Waals surface area contributed by atoms with Gasteiger partial charge in [0.05, 0.1) is 29.0 Å². The van der Waals surface area contributed by atoms with Crippen LogP contribution in [0.5, 0.6) is 0 Å². The van der Waals surface area contributed by atoms with Crippen LogP contribution in [0.1, 0.15) is 56.1 Å². The molecule has 0 unspecified atom stereocenters. The molecule has 0 aliphatic carbocycles. The second-order valence-corrected chi connectivity index (χ2v) is 11.3. The molecule has 9 heteroatoms. The maximum Gasteiger partial charge on any atom is 0.226 e. The Labute approximate surface area is 238 Å². The highest BCUT2D eigenvalue weighted by Crippen LogP contribution is 2.46. The third-order valence-corrected chi connectivity index (χ3v) is 8.26. The van der Waals surface area contributed by atoms with Crippen LogP contribution in [0.2, 0.25) is 5.02 Å². The number of thiocarbonyl (C=S) groups is 1. The molecule has 2 N–H and O–H groups in total. The highest BCUT2D eigenvalue weighted by molar-refractivity contribution is 7.80. The zero-order valence-corrected chi connectivity index (χ0v) is 23.9. The molecule has 1 saturated heterocycles. The summed E-state index contributed by atoms with van der Waals surface area (Å²) in [7, 11) is 2.07. The van der Waals surface area contributed by atoms with E-state index in [-0.39, 0.29) is 35.6 Å². The van der Waals surface area contributed by atoms with E-state index in [2.05, 4.69) is 60.5 Å². The van der Waals surface area contributed by atoms with Crippen molar-refractivity contribution in [2.24, 2.45) is 0 Å². The van der Waals surface area contributed by atoms with Gasteiger partial charge in [0.25, 0.3) is 0 Å². The van der Waals surface area contributed by atoms with Gasteiger partial charge in [-0.15, -0.1) is 0 Å². The van der Waals surface area contributed by atoms with Gasteiger partial charge in [0.15, 0.2) is 5.11 Å². The van der Waals surface area contributed by atoms with Gasteiger partial charge in [-0.25, -0.2) is 4.39 Å². The van der Waals surface area contributed by atoms with Crippen molar-refractivity contribution >= 4 is 51.8 Å². The first kappa shape index (κ1) is 27.1. The summed E-state index contributed by atoms with van der Waals surface area (Å²) in [5.74, 6) is -0.781. The van der Waals surface area contributed by atoms with E-state index < -0.39 is 5.82 Å². The molecule has 6 nitrogen and oxygen atoms in total. The number of carbonyl (C=O) groups excluding carboxylic acids is 1. The first-order valence-corrected chi connectivity index (χ1v) is 13.6. The lowest BCUT2D eigenvalue weighted by atomic mass is 9.86. The lowest BCUT2D eigenvalue weighted by Crippen LogP contribution is -2.42. The molecule has 202 valence electrons. The number of carbonyl (C=O) groups is 1. The number of para-hydroxylation sites is 1. The SMILES string of the molecule is CC1=CC(C)(C)N(C)c2cc(Cl)c([C@H]3[C@H](c4ccccn4)NC(=S)N3CCC(=O)Nc3ccccc3F)cc21. The van der Waals surface area contributed by atoms with Crippen LogP contribution in [0.3, 0.4) is 0 Å². The molecule has 3 aromatic rings. The molecule has 2 aliphatic heterocycles. The van der Waals surface area contributed by atoms with Crippen LogP contribution in [0.25, 0.3) is 5.57 Å². The molecule has 1 fully saturated rings. The van der Waals surface area contributed by atoms with E-state index in [1.54, 1.807) is 18.3 Å². The van der Waals surface area contributed by atoms with Crippen LogP contribution >= 0.6 is 23.8 Å².